The van der Waals surface area contributed by atoms with Gasteiger partial charge in [0.15, 0.2) is 0 Å². The van der Waals surface area contributed by atoms with E-state index in [1.54, 1.807) is 19.1 Å². The number of carbonyl (C=O) groups is 1. The second-order valence-corrected chi connectivity index (χ2v) is 4.12. The molecule has 98 valence electrons. The molecule has 3 N–H and O–H groups in total. The lowest BCUT2D eigenvalue weighted by Crippen LogP contribution is -2.18. The normalized spacial score (nSPS) is 10.3. The summed E-state index contributed by atoms with van der Waals surface area (Å²) in [5.74, 6) is -0.317. The van der Waals surface area contributed by atoms with Gasteiger partial charge in [0.25, 0.3) is 5.69 Å². The van der Waals surface area contributed by atoms with Crippen LogP contribution >= 0.6 is 0 Å². The second-order valence-electron chi connectivity index (χ2n) is 4.12. The zero-order chi connectivity index (χ0) is 13.5. The number of benzene rings is 1. The third-order valence-corrected chi connectivity index (χ3v) is 2.58. The van der Waals surface area contributed by atoms with Crippen LogP contribution in [-0.4, -0.2) is 17.4 Å². The van der Waals surface area contributed by atoms with Crippen molar-refractivity contribution in [2.45, 2.75) is 26.3 Å². The Kier molecular flexibility index (Phi) is 5.26. The summed E-state index contributed by atoms with van der Waals surface area (Å²) in [6.45, 7) is 2.91. The molecule has 0 heterocycles. The predicted octanol–water partition coefficient (Wildman–Crippen LogP) is 1.26. The summed E-state index contributed by atoms with van der Waals surface area (Å²) in [7, 11) is 0. The van der Waals surface area contributed by atoms with Crippen LogP contribution in [0.3, 0.4) is 0 Å². The molecule has 0 fully saturated rings. The van der Waals surface area contributed by atoms with Gasteiger partial charge in [-0.1, -0.05) is 12.1 Å². The van der Waals surface area contributed by atoms with Crippen molar-refractivity contribution in [3.63, 3.8) is 0 Å². The number of carbonyl (C=O) groups excluding carboxylic acids is 1. The maximum absolute atomic E-state index is 10.8. The molecule has 0 unspecified atom stereocenters. The van der Waals surface area contributed by atoms with Crippen LogP contribution in [0.5, 0.6) is 0 Å². The number of nitro groups is 1. The zero-order valence-corrected chi connectivity index (χ0v) is 10.3. The number of nitrogens with two attached hydrogens (primary N) is 1. The fourth-order valence-electron chi connectivity index (χ4n) is 1.58. The van der Waals surface area contributed by atoms with Crippen LogP contribution in [0.4, 0.5) is 5.69 Å². The van der Waals surface area contributed by atoms with Crippen molar-refractivity contribution in [3.05, 3.63) is 39.4 Å². The largest absolute Gasteiger partial charge is 0.370 e. The van der Waals surface area contributed by atoms with E-state index in [2.05, 4.69) is 5.32 Å². The first-order chi connectivity index (χ1) is 8.50. The molecule has 1 aromatic carbocycles. The van der Waals surface area contributed by atoms with Crippen molar-refractivity contribution >= 4 is 11.6 Å². The van der Waals surface area contributed by atoms with E-state index >= 15 is 0 Å². The molecule has 0 saturated heterocycles. The highest BCUT2D eigenvalue weighted by Crippen LogP contribution is 2.18. The molecule has 0 saturated carbocycles. The number of amides is 1. The van der Waals surface area contributed by atoms with Crippen molar-refractivity contribution in [2.24, 2.45) is 5.73 Å². The molecule has 18 heavy (non-hydrogen) atoms. The third-order valence-electron chi connectivity index (χ3n) is 2.58. The average Bonchev–Trinajstić information content (AvgIpc) is 2.30. The molecule has 0 aliphatic carbocycles. The van der Waals surface area contributed by atoms with Crippen molar-refractivity contribution < 1.29 is 9.72 Å². The summed E-state index contributed by atoms with van der Waals surface area (Å²) in [5, 5.41) is 13.9. The molecule has 0 aliphatic heterocycles. The maximum atomic E-state index is 10.8. The van der Waals surface area contributed by atoms with E-state index in [9.17, 15) is 14.9 Å². The Hall–Kier alpha value is -1.95. The molecule has 1 aromatic rings. The first-order valence-electron chi connectivity index (χ1n) is 5.73. The third kappa shape index (κ3) is 4.50. The molecule has 1 rings (SSSR count). The molecular weight excluding hydrogens is 234 g/mol. The van der Waals surface area contributed by atoms with Gasteiger partial charge < -0.3 is 11.1 Å². The van der Waals surface area contributed by atoms with E-state index in [0.29, 0.717) is 31.5 Å². The predicted molar refractivity (Wildman–Crippen MR) is 68.0 cm³/mol. The highest BCUT2D eigenvalue weighted by Gasteiger charge is 2.10. The van der Waals surface area contributed by atoms with Gasteiger partial charge in [-0.25, -0.2) is 0 Å². The number of primary amides is 1. The van der Waals surface area contributed by atoms with Crippen LogP contribution in [0, 0.1) is 17.0 Å². The van der Waals surface area contributed by atoms with Gasteiger partial charge in [0.1, 0.15) is 0 Å². The Balaban J connectivity index is 2.45. The number of nitrogens with zero attached hydrogens (tertiary/aromatic N) is 1. The number of rotatable bonds is 7. The highest BCUT2D eigenvalue weighted by molar-refractivity contribution is 5.73. The van der Waals surface area contributed by atoms with Crippen LogP contribution < -0.4 is 11.1 Å². The molecule has 0 aromatic heterocycles. The van der Waals surface area contributed by atoms with Crippen LogP contribution in [0.1, 0.15) is 24.0 Å². The van der Waals surface area contributed by atoms with E-state index in [1.165, 1.54) is 0 Å². The molecule has 6 heteroatoms. The Labute approximate surface area is 105 Å². The summed E-state index contributed by atoms with van der Waals surface area (Å²) < 4.78 is 0. The van der Waals surface area contributed by atoms with E-state index in [0.717, 1.165) is 5.56 Å². The Morgan fingerprint density at radius 1 is 1.50 bits per heavy atom. The standard InChI is InChI=1S/C12H17N3O3/c1-9-4-5-10(7-11(9)15(17)18)8-14-6-2-3-12(13)16/h4-5,7,14H,2-3,6,8H2,1H3,(H2,13,16). The number of hydrogen-bond donors (Lipinski definition) is 2. The second kappa shape index (κ2) is 6.70. The lowest BCUT2D eigenvalue weighted by atomic mass is 10.1. The smallest absolute Gasteiger partial charge is 0.272 e. The molecule has 6 nitrogen and oxygen atoms in total. The van der Waals surface area contributed by atoms with Gasteiger partial charge in [0.2, 0.25) is 5.91 Å². The van der Waals surface area contributed by atoms with E-state index in [4.69, 9.17) is 5.73 Å². The van der Waals surface area contributed by atoms with Crippen LogP contribution in [0.25, 0.3) is 0 Å². The van der Waals surface area contributed by atoms with E-state index in [1.807, 2.05) is 6.07 Å². The Bertz CT molecular complexity index is 446. The first-order valence-corrected chi connectivity index (χ1v) is 5.73. The minimum absolute atomic E-state index is 0.131. The fraction of sp³-hybridized carbons (Fsp3) is 0.417. The lowest BCUT2D eigenvalue weighted by molar-refractivity contribution is -0.385. The van der Waals surface area contributed by atoms with Gasteiger partial charge in [-0.2, -0.15) is 0 Å². The SMILES string of the molecule is Cc1ccc(CNCCCC(N)=O)cc1[N+](=O)[O-]. The van der Waals surface area contributed by atoms with Gasteiger partial charge in [0, 0.05) is 24.6 Å². The Morgan fingerprint density at radius 3 is 2.83 bits per heavy atom. The fourth-order valence-corrected chi connectivity index (χ4v) is 1.58. The van der Waals surface area contributed by atoms with E-state index in [-0.39, 0.29) is 16.5 Å². The van der Waals surface area contributed by atoms with E-state index < -0.39 is 0 Å². The highest BCUT2D eigenvalue weighted by atomic mass is 16.6. The molecule has 0 radical (unpaired) electrons. The van der Waals surface area contributed by atoms with Crippen LogP contribution in [-0.2, 0) is 11.3 Å². The summed E-state index contributed by atoms with van der Waals surface area (Å²) in [6.07, 6.45) is 1.02. The summed E-state index contributed by atoms with van der Waals surface area (Å²) >= 11 is 0. The first kappa shape index (κ1) is 14.1. The lowest BCUT2D eigenvalue weighted by Gasteiger charge is -2.05. The minimum atomic E-state index is -0.383. The summed E-state index contributed by atoms with van der Waals surface area (Å²) in [6, 6.07) is 5.15. The maximum Gasteiger partial charge on any atom is 0.272 e. The van der Waals surface area contributed by atoms with Crippen molar-refractivity contribution in [1.29, 1.82) is 0 Å². The molecule has 0 atom stereocenters. The molecule has 0 spiro atoms. The van der Waals surface area contributed by atoms with Crippen molar-refractivity contribution in [2.75, 3.05) is 6.54 Å². The number of nitrogens with one attached hydrogen (secondary N) is 1. The zero-order valence-electron chi connectivity index (χ0n) is 10.3. The van der Waals surface area contributed by atoms with Crippen LogP contribution in [0.2, 0.25) is 0 Å². The Morgan fingerprint density at radius 2 is 2.22 bits per heavy atom. The summed E-state index contributed by atoms with van der Waals surface area (Å²) in [4.78, 5) is 20.9. The quantitative estimate of drug-likeness (QED) is 0.433. The number of hydrogen-bond acceptors (Lipinski definition) is 4. The van der Waals surface area contributed by atoms with Gasteiger partial charge in [0.05, 0.1) is 4.92 Å². The van der Waals surface area contributed by atoms with Crippen molar-refractivity contribution in [1.82, 2.24) is 5.32 Å². The number of aryl methyl sites for hydroxylation is 1. The molecule has 0 bridgehead atoms. The van der Waals surface area contributed by atoms with Gasteiger partial charge in [-0.05, 0) is 25.5 Å². The summed E-state index contributed by atoms with van der Waals surface area (Å²) in [5.41, 5.74) is 6.65. The molecule has 1 amide bonds. The van der Waals surface area contributed by atoms with Gasteiger partial charge in [-0.15, -0.1) is 0 Å². The molecular formula is C12H17N3O3. The average molecular weight is 251 g/mol. The monoisotopic (exact) mass is 251 g/mol. The van der Waals surface area contributed by atoms with Crippen molar-refractivity contribution in [3.8, 4) is 0 Å². The minimum Gasteiger partial charge on any atom is -0.370 e. The van der Waals surface area contributed by atoms with Gasteiger partial charge >= 0.3 is 0 Å². The molecule has 0 aliphatic rings. The van der Waals surface area contributed by atoms with Crippen LogP contribution in [0.15, 0.2) is 18.2 Å². The van der Waals surface area contributed by atoms with Gasteiger partial charge in [-0.3, -0.25) is 14.9 Å². The topological polar surface area (TPSA) is 98.3 Å². The number of nitro benzene ring substituents is 1.